The lowest BCUT2D eigenvalue weighted by atomic mass is 10.3. The van der Waals surface area contributed by atoms with Gasteiger partial charge < -0.3 is 9.47 Å². The Balaban J connectivity index is 1.72. The van der Waals surface area contributed by atoms with Gasteiger partial charge in [-0.2, -0.15) is 0 Å². The number of anilines is 1. The van der Waals surface area contributed by atoms with E-state index in [1.807, 2.05) is 0 Å². The van der Waals surface area contributed by atoms with Crippen LogP contribution in [-0.4, -0.2) is 36.2 Å². The smallest absolute Gasteiger partial charge is 0.262 e. The third-order valence-electron chi connectivity index (χ3n) is 3.67. The molecule has 0 saturated carbocycles. The Labute approximate surface area is 138 Å². The highest BCUT2D eigenvalue weighted by Gasteiger charge is 2.21. The fourth-order valence-electron chi connectivity index (χ4n) is 2.51. The van der Waals surface area contributed by atoms with E-state index in [1.54, 1.807) is 35.7 Å². The van der Waals surface area contributed by atoms with E-state index < -0.39 is 10.0 Å². The van der Waals surface area contributed by atoms with Crippen LogP contribution in [0.1, 0.15) is 5.82 Å². The normalized spacial score (nSPS) is 13.9. The summed E-state index contributed by atoms with van der Waals surface area (Å²) in [6, 6.07) is 7.88. The first-order valence-electron chi connectivity index (χ1n) is 7.27. The maximum absolute atomic E-state index is 12.7. The molecule has 1 aliphatic heterocycles. The van der Waals surface area contributed by atoms with Gasteiger partial charge in [-0.3, -0.25) is 9.12 Å². The third kappa shape index (κ3) is 2.42. The summed E-state index contributed by atoms with van der Waals surface area (Å²) in [6.07, 6.45) is 1.77. The molecule has 4 rings (SSSR count). The zero-order chi connectivity index (χ0) is 16.7. The summed E-state index contributed by atoms with van der Waals surface area (Å²) >= 11 is 0. The number of benzene rings is 1. The molecular formula is C15H14N4O4S. The maximum atomic E-state index is 12.7. The van der Waals surface area contributed by atoms with E-state index in [9.17, 15) is 8.42 Å². The highest BCUT2D eigenvalue weighted by molar-refractivity contribution is 7.92. The van der Waals surface area contributed by atoms with E-state index in [4.69, 9.17) is 9.47 Å². The highest BCUT2D eigenvalue weighted by atomic mass is 32.2. The molecule has 8 nitrogen and oxygen atoms in total. The maximum Gasteiger partial charge on any atom is 0.262 e. The summed E-state index contributed by atoms with van der Waals surface area (Å²) in [4.78, 5) is 0.0880. The molecule has 2 aromatic heterocycles. The van der Waals surface area contributed by atoms with E-state index in [0.717, 1.165) is 0 Å². The molecule has 0 unspecified atom stereocenters. The molecule has 1 N–H and O–H groups in total. The SMILES string of the molecule is Cc1nnc2c(NS(=O)(=O)c3ccc4c(c3)OCCO4)cccn12. The van der Waals surface area contributed by atoms with E-state index in [2.05, 4.69) is 14.9 Å². The fraction of sp³-hybridized carbons (Fsp3) is 0.200. The molecule has 1 aliphatic rings. The molecule has 124 valence electrons. The molecule has 0 aliphatic carbocycles. The second-order valence-electron chi connectivity index (χ2n) is 5.27. The molecular weight excluding hydrogens is 332 g/mol. The van der Waals surface area contributed by atoms with Gasteiger partial charge in [-0.25, -0.2) is 8.42 Å². The van der Waals surface area contributed by atoms with Gasteiger partial charge in [0.05, 0.1) is 10.6 Å². The van der Waals surface area contributed by atoms with Crippen LogP contribution in [0.3, 0.4) is 0 Å². The minimum absolute atomic E-state index is 0.0880. The summed E-state index contributed by atoms with van der Waals surface area (Å²) < 4.78 is 40.5. The third-order valence-corrected chi connectivity index (χ3v) is 5.04. The van der Waals surface area contributed by atoms with Gasteiger partial charge in [0.1, 0.15) is 19.0 Å². The number of sulfonamides is 1. The molecule has 24 heavy (non-hydrogen) atoms. The van der Waals surface area contributed by atoms with Gasteiger partial charge in [0, 0.05) is 12.3 Å². The number of aromatic nitrogens is 3. The lowest BCUT2D eigenvalue weighted by Gasteiger charge is -2.19. The van der Waals surface area contributed by atoms with Crippen LogP contribution < -0.4 is 14.2 Å². The highest BCUT2D eigenvalue weighted by Crippen LogP contribution is 2.33. The van der Waals surface area contributed by atoms with Crippen molar-refractivity contribution >= 4 is 21.4 Å². The van der Waals surface area contributed by atoms with Crippen molar-refractivity contribution in [1.82, 2.24) is 14.6 Å². The molecule has 0 fully saturated rings. The fourth-order valence-corrected chi connectivity index (χ4v) is 3.58. The number of aryl methyl sites for hydroxylation is 1. The molecule has 9 heteroatoms. The second kappa shape index (κ2) is 5.38. The summed E-state index contributed by atoms with van der Waals surface area (Å²) in [7, 11) is -3.80. The van der Waals surface area contributed by atoms with Crippen molar-refractivity contribution in [2.24, 2.45) is 0 Å². The van der Waals surface area contributed by atoms with Crippen molar-refractivity contribution in [3.05, 3.63) is 42.4 Å². The van der Waals surface area contributed by atoms with Crippen LogP contribution in [-0.2, 0) is 10.0 Å². The van der Waals surface area contributed by atoms with Crippen LogP contribution in [0.2, 0.25) is 0 Å². The number of rotatable bonds is 3. The van der Waals surface area contributed by atoms with Gasteiger partial charge in [0.25, 0.3) is 10.0 Å². The predicted octanol–water partition coefficient (Wildman–Crippen LogP) is 1.61. The molecule has 0 bridgehead atoms. The Morgan fingerprint density at radius 2 is 1.92 bits per heavy atom. The first-order valence-corrected chi connectivity index (χ1v) is 8.76. The van der Waals surface area contributed by atoms with Gasteiger partial charge in [0.15, 0.2) is 17.1 Å². The first kappa shape index (κ1) is 14.8. The topological polar surface area (TPSA) is 94.8 Å². The number of fused-ring (bicyclic) bond motifs is 2. The van der Waals surface area contributed by atoms with Gasteiger partial charge >= 0.3 is 0 Å². The van der Waals surface area contributed by atoms with E-state index in [0.29, 0.717) is 41.9 Å². The largest absolute Gasteiger partial charge is 0.486 e. The molecule has 0 amide bonds. The number of pyridine rings is 1. The molecule has 0 radical (unpaired) electrons. The monoisotopic (exact) mass is 346 g/mol. The second-order valence-corrected chi connectivity index (χ2v) is 6.96. The quantitative estimate of drug-likeness (QED) is 0.774. The molecule has 0 saturated heterocycles. The molecule has 0 spiro atoms. The van der Waals surface area contributed by atoms with E-state index >= 15 is 0 Å². The summed E-state index contributed by atoms with van der Waals surface area (Å²) in [5.41, 5.74) is 0.795. The number of hydrogen-bond acceptors (Lipinski definition) is 6. The zero-order valence-corrected chi connectivity index (χ0v) is 13.6. The van der Waals surface area contributed by atoms with Crippen molar-refractivity contribution in [3.8, 4) is 11.5 Å². The van der Waals surface area contributed by atoms with Crippen LogP contribution >= 0.6 is 0 Å². The van der Waals surface area contributed by atoms with Crippen LogP contribution in [0.4, 0.5) is 5.69 Å². The first-order chi connectivity index (χ1) is 11.5. The molecule has 0 atom stereocenters. The average Bonchev–Trinajstić information content (AvgIpc) is 2.97. The Morgan fingerprint density at radius 3 is 2.75 bits per heavy atom. The Morgan fingerprint density at radius 1 is 1.12 bits per heavy atom. The molecule has 3 heterocycles. The lowest BCUT2D eigenvalue weighted by molar-refractivity contribution is 0.171. The van der Waals surface area contributed by atoms with Crippen molar-refractivity contribution in [2.75, 3.05) is 17.9 Å². The van der Waals surface area contributed by atoms with E-state index in [-0.39, 0.29) is 4.90 Å². The zero-order valence-electron chi connectivity index (χ0n) is 12.8. The average molecular weight is 346 g/mol. The standard InChI is InChI=1S/C15H14N4O4S/c1-10-16-17-15-12(3-2-6-19(10)15)18-24(20,21)11-4-5-13-14(9-11)23-8-7-22-13/h2-6,9,18H,7-8H2,1H3. The Bertz CT molecular complexity index is 1030. The van der Waals surface area contributed by atoms with Crippen LogP contribution in [0, 0.1) is 6.92 Å². The molecule has 1 aromatic carbocycles. The number of nitrogens with zero attached hydrogens (tertiary/aromatic N) is 3. The van der Waals surface area contributed by atoms with Crippen molar-refractivity contribution in [2.45, 2.75) is 11.8 Å². The van der Waals surface area contributed by atoms with Gasteiger partial charge in [0.2, 0.25) is 0 Å². The van der Waals surface area contributed by atoms with Crippen LogP contribution in [0.5, 0.6) is 11.5 Å². The van der Waals surface area contributed by atoms with Crippen LogP contribution in [0.25, 0.3) is 5.65 Å². The summed E-state index contributed by atoms with van der Waals surface area (Å²) in [6.45, 7) is 2.63. The Kier molecular flexibility index (Phi) is 3.31. The van der Waals surface area contributed by atoms with Crippen molar-refractivity contribution in [3.63, 3.8) is 0 Å². The predicted molar refractivity (Wildman–Crippen MR) is 86.0 cm³/mol. The minimum atomic E-state index is -3.80. The van der Waals surface area contributed by atoms with Gasteiger partial charge in [-0.1, -0.05) is 0 Å². The minimum Gasteiger partial charge on any atom is -0.486 e. The Hall–Kier alpha value is -2.81. The van der Waals surface area contributed by atoms with Crippen molar-refractivity contribution in [1.29, 1.82) is 0 Å². The number of ether oxygens (including phenoxy) is 2. The van der Waals surface area contributed by atoms with Crippen molar-refractivity contribution < 1.29 is 17.9 Å². The lowest BCUT2D eigenvalue weighted by Crippen LogP contribution is -2.17. The summed E-state index contributed by atoms with van der Waals surface area (Å²) in [5, 5.41) is 7.97. The van der Waals surface area contributed by atoms with Gasteiger partial charge in [-0.15, -0.1) is 10.2 Å². The summed E-state index contributed by atoms with van der Waals surface area (Å²) in [5.74, 6) is 1.63. The van der Waals surface area contributed by atoms with Gasteiger partial charge in [-0.05, 0) is 31.2 Å². The number of hydrogen-bond donors (Lipinski definition) is 1. The van der Waals surface area contributed by atoms with E-state index in [1.165, 1.54) is 12.1 Å². The van der Waals surface area contributed by atoms with Crippen LogP contribution in [0.15, 0.2) is 41.4 Å². The molecule has 3 aromatic rings. The number of nitrogens with one attached hydrogen (secondary N) is 1.